The van der Waals surface area contributed by atoms with Crippen molar-refractivity contribution >= 4 is 0 Å². The first-order chi connectivity index (χ1) is 6.30. The number of hydrogen-bond acceptors (Lipinski definition) is 2. The summed E-state index contributed by atoms with van der Waals surface area (Å²) in [4.78, 5) is 0. The Morgan fingerprint density at radius 3 is 2.29 bits per heavy atom. The third-order valence-electron chi connectivity index (χ3n) is 2.21. The van der Waals surface area contributed by atoms with E-state index >= 15 is 0 Å². The Hall–Kier alpha value is -1.04. The van der Waals surface area contributed by atoms with Gasteiger partial charge in [-0.25, -0.2) is 0 Å². The van der Waals surface area contributed by atoms with Crippen molar-refractivity contribution in [3.05, 3.63) is 18.0 Å². The van der Waals surface area contributed by atoms with E-state index in [9.17, 15) is 18.3 Å². The Balaban J connectivity index is 3.20. The molecule has 6 heteroatoms. The molecule has 1 aromatic heterocycles. The van der Waals surface area contributed by atoms with Crippen molar-refractivity contribution in [3.8, 4) is 0 Å². The predicted octanol–water partition coefficient (Wildman–Crippen LogP) is 1.82. The topological polar surface area (TPSA) is 48.9 Å². The molecule has 0 spiro atoms. The van der Waals surface area contributed by atoms with E-state index in [1.165, 1.54) is 13.8 Å². The molecule has 0 bridgehead atoms. The van der Waals surface area contributed by atoms with E-state index in [1.807, 2.05) is 0 Å². The first-order valence-electron chi connectivity index (χ1n) is 4.08. The zero-order valence-corrected chi connectivity index (χ0v) is 7.76. The lowest BCUT2D eigenvalue weighted by atomic mass is 9.84. The van der Waals surface area contributed by atoms with Crippen LogP contribution in [0.2, 0.25) is 0 Å². The Morgan fingerprint density at radius 2 is 2.00 bits per heavy atom. The number of rotatable bonds is 2. The van der Waals surface area contributed by atoms with Crippen LogP contribution in [0.1, 0.15) is 19.4 Å². The number of H-pyrrole nitrogens is 1. The molecule has 14 heavy (non-hydrogen) atoms. The maximum absolute atomic E-state index is 12.6. The van der Waals surface area contributed by atoms with Crippen molar-refractivity contribution in [3.63, 3.8) is 0 Å². The number of aliphatic hydroxyl groups is 1. The van der Waals surface area contributed by atoms with Crippen molar-refractivity contribution in [1.82, 2.24) is 10.2 Å². The second-order valence-corrected chi connectivity index (χ2v) is 3.41. The van der Waals surface area contributed by atoms with Gasteiger partial charge in [-0.3, -0.25) is 5.10 Å². The lowest BCUT2D eigenvalue weighted by molar-refractivity contribution is -0.283. The van der Waals surface area contributed by atoms with Crippen LogP contribution in [0.15, 0.2) is 12.4 Å². The average Bonchev–Trinajstić information content (AvgIpc) is 2.52. The molecule has 80 valence electrons. The Kier molecular flexibility index (Phi) is 2.58. The van der Waals surface area contributed by atoms with Gasteiger partial charge in [0.1, 0.15) is 0 Å². The molecule has 0 saturated carbocycles. The number of hydrogen-bond donors (Lipinski definition) is 2. The second kappa shape index (κ2) is 3.27. The monoisotopic (exact) mass is 208 g/mol. The van der Waals surface area contributed by atoms with Gasteiger partial charge < -0.3 is 5.11 Å². The average molecular weight is 208 g/mol. The number of halogens is 3. The molecule has 1 aromatic rings. The van der Waals surface area contributed by atoms with E-state index in [0.717, 1.165) is 12.4 Å². The zero-order chi connectivity index (χ0) is 11.0. The van der Waals surface area contributed by atoms with Crippen LogP contribution >= 0.6 is 0 Å². The fraction of sp³-hybridized carbons (Fsp3) is 0.625. The summed E-state index contributed by atoms with van der Waals surface area (Å²) in [5, 5.41) is 15.3. The standard InChI is InChI=1S/C8H11F3N2O/c1-5(2)7(14,8(9,10)11)6-3-12-13-4-6/h3-5,14H,1-2H3,(H,12,13). The highest BCUT2D eigenvalue weighted by Gasteiger charge is 2.57. The van der Waals surface area contributed by atoms with E-state index in [-0.39, 0.29) is 5.56 Å². The lowest BCUT2D eigenvalue weighted by Gasteiger charge is -2.33. The Morgan fingerprint density at radius 1 is 1.43 bits per heavy atom. The molecular weight excluding hydrogens is 197 g/mol. The highest BCUT2D eigenvalue weighted by Crippen LogP contribution is 2.43. The minimum atomic E-state index is -4.70. The molecule has 1 unspecified atom stereocenters. The van der Waals surface area contributed by atoms with Gasteiger partial charge in [0.15, 0.2) is 5.60 Å². The first-order valence-corrected chi connectivity index (χ1v) is 4.08. The van der Waals surface area contributed by atoms with E-state index in [1.54, 1.807) is 0 Å². The molecule has 0 amide bonds. The molecule has 2 N–H and O–H groups in total. The number of nitrogens with zero attached hydrogens (tertiary/aromatic N) is 1. The van der Waals surface area contributed by atoms with Crippen LogP contribution in [-0.4, -0.2) is 21.5 Å². The molecule has 1 heterocycles. The van der Waals surface area contributed by atoms with Gasteiger partial charge in [-0.15, -0.1) is 0 Å². The summed E-state index contributed by atoms with van der Waals surface area (Å²) in [6.45, 7) is 2.61. The molecule has 3 nitrogen and oxygen atoms in total. The van der Waals surface area contributed by atoms with Crippen molar-refractivity contribution in [1.29, 1.82) is 0 Å². The normalized spacial score (nSPS) is 17.1. The van der Waals surface area contributed by atoms with Gasteiger partial charge in [-0.1, -0.05) is 13.8 Å². The summed E-state index contributed by atoms with van der Waals surface area (Å²) in [5.74, 6) is -0.972. The summed E-state index contributed by atoms with van der Waals surface area (Å²) in [7, 11) is 0. The van der Waals surface area contributed by atoms with Gasteiger partial charge >= 0.3 is 6.18 Å². The van der Waals surface area contributed by atoms with Crippen molar-refractivity contribution < 1.29 is 18.3 Å². The van der Waals surface area contributed by atoms with Crippen LogP contribution in [0.3, 0.4) is 0 Å². The molecule has 0 saturated heterocycles. The van der Waals surface area contributed by atoms with Gasteiger partial charge in [-0.2, -0.15) is 18.3 Å². The van der Waals surface area contributed by atoms with E-state index in [4.69, 9.17) is 0 Å². The molecule has 0 aromatic carbocycles. The van der Waals surface area contributed by atoms with Gasteiger partial charge in [0.05, 0.1) is 6.20 Å². The zero-order valence-electron chi connectivity index (χ0n) is 7.76. The van der Waals surface area contributed by atoms with E-state index < -0.39 is 17.7 Å². The number of aromatic amines is 1. The van der Waals surface area contributed by atoms with E-state index in [2.05, 4.69) is 10.2 Å². The highest BCUT2D eigenvalue weighted by molar-refractivity contribution is 5.18. The van der Waals surface area contributed by atoms with Crippen LogP contribution in [0.25, 0.3) is 0 Å². The molecule has 1 atom stereocenters. The second-order valence-electron chi connectivity index (χ2n) is 3.41. The summed E-state index contributed by atoms with van der Waals surface area (Å²) >= 11 is 0. The summed E-state index contributed by atoms with van der Waals surface area (Å²) in [6, 6.07) is 0. The van der Waals surface area contributed by atoms with Gasteiger partial charge in [-0.05, 0) is 5.92 Å². The quantitative estimate of drug-likeness (QED) is 0.778. The third-order valence-corrected chi connectivity index (χ3v) is 2.21. The summed E-state index contributed by atoms with van der Waals surface area (Å²) < 4.78 is 37.9. The lowest BCUT2D eigenvalue weighted by Crippen LogP contribution is -2.46. The van der Waals surface area contributed by atoms with Gasteiger partial charge in [0.25, 0.3) is 0 Å². The molecule has 0 aliphatic rings. The highest BCUT2D eigenvalue weighted by atomic mass is 19.4. The molecule has 0 radical (unpaired) electrons. The number of aromatic nitrogens is 2. The Labute approximate surface area is 78.9 Å². The van der Waals surface area contributed by atoms with Crippen LogP contribution in [0.5, 0.6) is 0 Å². The molecule has 1 rings (SSSR count). The van der Waals surface area contributed by atoms with Crippen molar-refractivity contribution in [2.75, 3.05) is 0 Å². The summed E-state index contributed by atoms with van der Waals surface area (Å²) in [6.07, 6.45) is -2.67. The minimum Gasteiger partial charge on any atom is -0.376 e. The molecular formula is C8H11F3N2O. The van der Waals surface area contributed by atoms with Crippen molar-refractivity contribution in [2.45, 2.75) is 25.6 Å². The fourth-order valence-corrected chi connectivity index (χ4v) is 1.28. The van der Waals surface area contributed by atoms with Crippen LogP contribution in [0.4, 0.5) is 13.2 Å². The largest absolute Gasteiger partial charge is 0.421 e. The number of nitrogens with one attached hydrogen (secondary N) is 1. The minimum absolute atomic E-state index is 0.264. The van der Waals surface area contributed by atoms with E-state index in [0.29, 0.717) is 0 Å². The predicted molar refractivity (Wildman–Crippen MR) is 43.4 cm³/mol. The maximum atomic E-state index is 12.6. The fourth-order valence-electron chi connectivity index (χ4n) is 1.28. The van der Waals surface area contributed by atoms with Gasteiger partial charge in [0, 0.05) is 11.8 Å². The maximum Gasteiger partial charge on any atom is 0.421 e. The van der Waals surface area contributed by atoms with Crippen molar-refractivity contribution in [2.24, 2.45) is 5.92 Å². The van der Waals surface area contributed by atoms with Crippen LogP contribution in [-0.2, 0) is 5.60 Å². The number of alkyl halides is 3. The molecule has 0 aliphatic carbocycles. The summed E-state index contributed by atoms with van der Waals surface area (Å²) in [5.41, 5.74) is -3.10. The van der Waals surface area contributed by atoms with Crippen LogP contribution in [0, 0.1) is 5.92 Å². The smallest absolute Gasteiger partial charge is 0.376 e. The van der Waals surface area contributed by atoms with Gasteiger partial charge in [0.2, 0.25) is 0 Å². The third kappa shape index (κ3) is 1.50. The van der Waals surface area contributed by atoms with Crippen LogP contribution < -0.4 is 0 Å². The Bertz CT molecular complexity index is 294. The SMILES string of the molecule is CC(C)C(O)(c1cn[nH]c1)C(F)(F)F. The molecule has 0 fully saturated rings. The molecule has 0 aliphatic heterocycles. The first kappa shape index (κ1) is 11.0.